The molecule has 1 saturated carbocycles. The largest absolute Gasteiger partial charge is 0.225 e. The molecule has 1 aromatic rings. The Morgan fingerprint density at radius 1 is 1.50 bits per heavy atom. The lowest BCUT2D eigenvalue weighted by Crippen LogP contribution is -2.16. The summed E-state index contributed by atoms with van der Waals surface area (Å²) in [6.07, 6.45) is 3.70. The van der Waals surface area contributed by atoms with E-state index in [1.54, 1.807) is 0 Å². The molecule has 0 N–H and O–H groups in total. The van der Waals surface area contributed by atoms with Crippen LogP contribution < -0.4 is 0 Å². The Balaban J connectivity index is 2.26. The molecule has 14 heavy (non-hydrogen) atoms. The smallest absolute Gasteiger partial charge is 0.169 e. The van der Waals surface area contributed by atoms with Crippen LogP contribution in [0.15, 0.2) is 0 Å². The molecule has 0 aromatic carbocycles. The first-order valence-electron chi connectivity index (χ1n) is 5.12. The maximum atomic E-state index is 6.01. The molecule has 1 aliphatic rings. The first kappa shape index (κ1) is 9.90. The second-order valence-electron chi connectivity index (χ2n) is 4.07. The molecule has 78 valence electrons. The lowest BCUT2D eigenvalue weighted by molar-refractivity contribution is 0.357. The molecule has 1 fully saturated rings. The van der Waals surface area contributed by atoms with Crippen LogP contribution in [0, 0.1) is 5.92 Å². The van der Waals surface area contributed by atoms with E-state index in [1.807, 2.05) is 11.6 Å². The molecule has 3 atom stereocenters. The number of aromatic nitrogens is 4. The van der Waals surface area contributed by atoms with Gasteiger partial charge < -0.3 is 0 Å². The van der Waals surface area contributed by atoms with Crippen molar-refractivity contribution in [1.82, 2.24) is 20.2 Å². The third-order valence-corrected chi connectivity index (χ3v) is 3.20. The Kier molecular flexibility index (Phi) is 2.72. The lowest BCUT2D eigenvalue weighted by Gasteiger charge is -2.17. The van der Waals surface area contributed by atoms with Crippen molar-refractivity contribution in [1.29, 1.82) is 0 Å². The maximum absolute atomic E-state index is 6.01. The van der Waals surface area contributed by atoms with Crippen LogP contribution in [-0.4, -0.2) is 20.2 Å². The highest BCUT2D eigenvalue weighted by molar-refractivity contribution is 6.20. The Morgan fingerprint density at radius 2 is 2.29 bits per heavy atom. The van der Waals surface area contributed by atoms with Crippen LogP contribution in [0.4, 0.5) is 0 Å². The maximum Gasteiger partial charge on any atom is 0.169 e. The van der Waals surface area contributed by atoms with E-state index >= 15 is 0 Å². The Bertz CT molecular complexity index is 310. The molecule has 3 unspecified atom stereocenters. The van der Waals surface area contributed by atoms with Crippen LogP contribution in [0.25, 0.3) is 0 Å². The summed E-state index contributed by atoms with van der Waals surface area (Å²) in [4.78, 5) is 0. The molecule has 4 nitrogen and oxygen atoms in total. The summed E-state index contributed by atoms with van der Waals surface area (Å²) in [5, 5.41) is 11.6. The van der Waals surface area contributed by atoms with Crippen molar-refractivity contribution in [3.8, 4) is 0 Å². The molecule has 0 aliphatic heterocycles. The SMILES string of the molecule is CC(Cl)c1nnnn1C1CCCC1C. The number of nitrogens with zero attached hydrogens (tertiary/aromatic N) is 4. The van der Waals surface area contributed by atoms with Crippen LogP contribution in [0.3, 0.4) is 0 Å². The Hall–Kier alpha value is -0.640. The number of hydrogen-bond acceptors (Lipinski definition) is 3. The van der Waals surface area contributed by atoms with Crippen molar-refractivity contribution in [3.05, 3.63) is 5.82 Å². The van der Waals surface area contributed by atoms with Gasteiger partial charge in [-0.05, 0) is 36.1 Å². The van der Waals surface area contributed by atoms with Gasteiger partial charge in [0.1, 0.15) is 0 Å². The second kappa shape index (κ2) is 3.85. The highest BCUT2D eigenvalue weighted by Crippen LogP contribution is 2.36. The zero-order chi connectivity index (χ0) is 10.1. The minimum atomic E-state index is -0.113. The highest BCUT2D eigenvalue weighted by Gasteiger charge is 2.28. The number of hydrogen-bond donors (Lipinski definition) is 0. The average Bonchev–Trinajstić information content (AvgIpc) is 2.70. The summed E-state index contributed by atoms with van der Waals surface area (Å²) in [7, 11) is 0. The van der Waals surface area contributed by atoms with E-state index in [9.17, 15) is 0 Å². The van der Waals surface area contributed by atoms with E-state index in [4.69, 9.17) is 11.6 Å². The van der Waals surface area contributed by atoms with Gasteiger partial charge in [-0.15, -0.1) is 16.7 Å². The first-order valence-corrected chi connectivity index (χ1v) is 5.55. The predicted molar refractivity (Wildman–Crippen MR) is 54.1 cm³/mol. The third-order valence-electron chi connectivity index (χ3n) is 3.00. The van der Waals surface area contributed by atoms with Gasteiger partial charge in [-0.2, -0.15) is 0 Å². The van der Waals surface area contributed by atoms with Gasteiger partial charge in [-0.25, -0.2) is 4.68 Å². The monoisotopic (exact) mass is 214 g/mol. The molecule has 1 heterocycles. The summed E-state index contributed by atoms with van der Waals surface area (Å²) >= 11 is 6.01. The number of tetrazole rings is 1. The molecule has 0 bridgehead atoms. The van der Waals surface area contributed by atoms with Gasteiger partial charge in [0.25, 0.3) is 0 Å². The summed E-state index contributed by atoms with van der Waals surface area (Å²) in [6.45, 7) is 4.16. The summed E-state index contributed by atoms with van der Waals surface area (Å²) in [6, 6.07) is 0.446. The van der Waals surface area contributed by atoms with Crippen molar-refractivity contribution in [2.24, 2.45) is 5.92 Å². The molecular formula is C9H15ClN4. The zero-order valence-electron chi connectivity index (χ0n) is 8.52. The van der Waals surface area contributed by atoms with Gasteiger partial charge in [-0.3, -0.25) is 0 Å². The Labute approximate surface area is 88.6 Å². The van der Waals surface area contributed by atoms with E-state index in [0.29, 0.717) is 12.0 Å². The van der Waals surface area contributed by atoms with Crippen molar-refractivity contribution < 1.29 is 0 Å². The molecule has 1 aromatic heterocycles. The highest BCUT2D eigenvalue weighted by atomic mass is 35.5. The molecule has 0 saturated heterocycles. The quantitative estimate of drug-likeness (QED) is 0.710. The van der Waals surface area contributed by atoms with Gasteiger partial charge in [0.2, 0.25) is 0 Å². The van der Waals surface area contributed by atoms with Crippen molar-refractivity contribution in [3.63, 3.8) is 0 Å². The molecule has 0 radical (unpaired) electrons. The number of alkyl halides is 1. The topological polar surface area (TPSA) is 43.6 Å². The minimum Gasteiger partial charge on any atom is -0.225 e. The summed E-state index contributed by atoms with van der Waals surface area (Å²) < 4.78 is 1.91. The fourth-order valence-electron chi connectivity index (χ4n) is 2.19. The molecule has 5 heteroatoms. The van der Waals surface area contributed by atoms with E-state index in [1.165, 1.54) is 19.3 Å². The first-order chi connectivity index (χ1) is 6.70. The average molecular weight is 215 g/mol. The molecule has 0 spiro atoms. The van der Waals surface area contributed by atoms with Crippen LogP contribution in [-0.2, 0) is 0 Å². The predicted octanol–water partition coefficient (Wildman–Crippen LogP) is 2.33. The number of halogens is 1. The fraction of sp³-hybridized carbons (Fsp3) is 0.889. The van der Waals surface area contributed by atoms with E-state index in [0.717, 1.165) is 5.82 Å². The Morgan fingerprint density at radius 3 is 2.86 bits per heavy atom. The van der Waals surface area contributed by atoms with Gasteiger partial charge >= 0.3 is 0 Å². The van der Waals surface area contributed by atoms with Gasteiger partial charge in [0.15, 0.2) is 5.82 Å². The van der Waals surface area contributed by atoms with Gasteiger partial charge in [0.05, 0.1) is 11.4 Å². The van der Waals surface area contributed by atoms with Crippen LogP contribution >= 0.6 is 11.6 Å². The van der Waals surface area contributed by atoms with E-state index in [2.05, 4.69) is 22.4 Å². The molecule has 1 aliphatic carbocycles. The third kappa shape index (κ3) is 1.63. The van der Waals surface area contributed by atoms with Crippen LogP contribution in [0.1, 0.15) is 50.4 Å². The normalized spacial score (nSPS) is 29.4. The molecular weight excluding hydrogens is 200 g/mol. The minimum absolute atomic E-state index is 0.113. The van der Waals surface area contributed by atoms with Crippen molar-refractivity contribution in [2.45, 2.75) is 44.5 Å². The fourth-order valence-corrected chi connectivity index (χ4v) is 2.33. The van der Waals surface area contributed by atoms with Crippen LogP contribution in [0.5, 0.6) is 0 Å². The molecule has 0 amide bonds. The van der Waals surface area contributed by atoms with Gasteiger partial charge in [0, 0.05) is 0 Å². The van der Waals surface area contributed by atoms with E-state index in [-0.39, 0.29) is 5.38 Å². The zero-order valence-corrected chi connectivity index (χ0v) is 9.28. The van der Waals surface area contributed by atoms with Crippen molar-refractivity contribution >= 4 is 11.6 Å². The lowest BCUT2D eigenvalue weighted by atomic mass is 10.1. The summed E-state index contributed by atoms with van der Waals surface area (Å²) in [5.74, 6) is 1.46. The second-order valence-corrected chi connectivity index (χ2v) is 4.73. The standard InChI is InChI=1S/C9H15ClN4/c1-6-4-3-5-8(6)14-9(7(2)10)11-12-13-14/h6-8H,3-5H2,1-2H3. The molecule has 2 rings (SSSR count). The summed E-state index contributed by atoms with van der Waals surface area (Å²) in [5.41, 5.74) is 0. The van der Waals surface area contributed by atoms with E-state index < -0.39 is 0 Å². The number of rotatable bonds is 2. The van der Waals surface area contributed by atoms with Gasteiger partial charge in [-0.1, -0.05) is 13.3 Å². The van der Waals surface area contributed by atoms with Crippen molar-refractivity contribution in [2.75, 3.05) is 0 Å². The van der Waals surface area contributed by atoms with Crippen LogP contribution in [0.2, 0.25) is 0 Å².